The molecule has 2 rings (SSSR count). The number of esters is 1. The lowest BCUT2D eigenvalue weighted by molar-refractivity contribution is -0.148. The Hall–Kier alpha value is -1.66. The third-order valence-corrected chi connectivity index (χ3v) is 4.20. The zero-order chi connectivity index (χ0) is 12.5. The number of hydrogen-bond acceptors (Lipinski definition) is 5. The molecule has 1 aromatic rings. The van der Waals surface area contributed by atoms with Crippen LogP contribution in [0.15, 0.2) is 47.6 Å². The average molecular weight is 254 g/mol. The lowest BCUT2D eigenvalue weighted by Crippen LogP contribution is -2.41. The van der Waals surface area contributed by atoms with E-state index in [0.717, 1.165) is 12.3 Å². The molecule has 90 valence electrons. The number of cyclic esters (lactones) is 1. The van der Waals surface area contributed by atoms with Gasteiger partial charge in [0.1, 0.15) is 0 Å². The Labute approximate surface area is 98.3 Å². The minimum atomic E-state index is -3.74. The van der Waals surface area contributed by atoms with Gasteiger partial charge >= 0.3 is 5.97 Å². The van der Waals surface area contributed by atoms with Gasteiger partial charge in [-0.2, -0.15) is 0 Å². The van der Waals surface area contributed by atoms with Crippen molar-refractivity contribution in [2.24, 2.45) is 0 Å². The van der Waals surface area contributed by atoms with Gasteiger partial charge in [-0.05, 0) is 18.2 Å². The van der Waals surface area contributed by atoms with E-state index in [4.69, 9.17) is 0 Å². The lowest BCUT2D eigenvalue weighted by Gasteiger charge is -2.16. The van der Waals surface area contributed by atoms with Crippen LogP contribution >= 0.6 is 0 Å². The second kappa shape index (κ2) is 3.97. The van der Waals surface area contributed by atoms with E-state index in [1.165, 1.54) is 12.1 Å². The van der Waals surface area contributed by atoms with E-state index in [1.807, 2.05) is 0 Å². The highest BCUT2D eigenvalue weighted by molar-refractivity contribution is 7.91. The molecule has 1 aliphatic rings. The summed E-state index contributed by atoms with van der Waals surface area (Å²) in [4.78, 5) is 11.3. The maximum absolute atomic E-state index is 11.9. The Kier molecular flexibility index (Phi) is 2.76. The number of carbonyl (C=O) groups excluding carboxylic acids is 1. The van der Waals surface area contributed by atoms with Crippen LogP contribution in [-0.2, 0) is 19.4 Å². The number of hydrogen-bond donors (Lipinski definition) is 1. The minimum absolute atomic E-state index is 0.0570. The van der Waals surface area contributed by atoms with E-state index in [2.05, 4.69) is 4.74 Å². The number of benzene rings is 1. The van der Waals surface area contributed by atoms with Gasteiger partial charge in [-0.15, -0.1) is 0 Å². The monoisotopic (exact) mass is 254 g/mol. The zero-order valence-electron chi connectivity index (χ0n) is 8.74. The molecule has 5 nitrogen and oxygen atoms in total. The Balaban J connectivity index is 2.31. The van der Waals surface area contributed by atoms with Crippen molar-refractivity contribution in [1.29, 1.82) is 0 Å². The topological polar surface area (TPSA) is 80.7 Å². The first-order valence-corrected chi connectivity index (χ1v) is 6.48. The van der Waals surface area contributed by atoms with E-state index in [-0.39, 0.29) is 4.90 Å². The first-order chi connectivity index (χ1) is 7.94. The number of aliphatic hydroxyl groups is 1. The zero-order valence-corrected chi connectivity index (χ0v) is 9.55. The fourth-order valence-corrected chi connectivity index (χ4v) is 3.02. The Bertz CT molecular complexity index is 561. The largest absolute Gasteiger partial charge is 0.432 e. The second-order valence-electron chi connectivity index (χ2n) is 3.70. The molecule has 0 aromatic heterocycles. The van der Waals surface area contributed by atoms with Crippen molar-refractivity contribution in [3.8, 4) is 0 Å². The van der Waals surface area contributed by atoms with E-state index < -0.39 is 27.2 Å². The standard InChI is InChI=1S/C11H10O5S/c12-10-11(13,6-7-16-10)8-17(14,15)9-4-2-1-3-5-9/h1-7,13H,8H2. The minimum Gasteiger partial charge on any atom is -0.432 e. The Morgan fingerprint density at radius 2 is 1.88 bits per heavy atom. The smallest absolute Gasteiger partial charge is 0.348 e. The highest BCUT2D eigenvalue weighted by Gasteiger charge is 2.43. The van der Waals surface area contributed by atoms with Gasteiger partial charge in [0.2, 0.25) is 0 Å². The maximum atomic E-state index is 11.9. The predicted molar refractivity (Wildman–Crippen MR) is 58.7 cm³/mol. The third-order valence-electron chi connectivity index (χ3n) is 2.38. The molecule has 0 aliphatic carbocycles. The molecule has 0 bridgehead atoms. The predicted octanol–water partition coefficient (Wildman–Crippen LogP) is 0.262. The number of ether oxygens (including phenoxy) is 1. The highest BCUT2D eigenvalue weighted by Crippen LogP contribution is 2.22. The Morgan fingerprint density at radius 1 is 1.24 bits per heavy atom. The van der Waals surface area contributed by atoms with Crippen LogP contribution in [0.5, 0.6) is 0 Å². The number of sulfone groups is 1. The fourth-order valence-electron chi connectivity index (χ4n) is 1.49. The van der Waals surface area contributed by atoms with Crippen molar-refractivity contribution in [3.05, 3.63) is 42.7 Å². The lowest BCUT2D eigenvalue weighted by atomic mass is 10.1. The summed E-state index contributed by atoms with van der Waals surface area (Å²) in [6, 6.07) is 7.63. The number of carbonyl (C=O) groups is 1. The van der Waals surface area contributed by atoms with Crippen molar-refractivity contribution in [2.45, 2.75) is 10.5 Å². The van der Waals surface area contributed by atoms with Crippen LogP contribution in [-0.4, -0.2) is 30.8 Å². The molecule has 1 aliphatic heterocycles. The molecule has 0 spiro atoms. The van der Waals surface area contributed by atoms with Crippen LogP contribution in [0.2, 0.25) is 0 Å². The van der Waals surface area contributed by atoms with E-state index >= 15 is 0 Å². The summed E-state index contributed by atoms with van der Waals surface area (Å²) in [5.74, 6) is -1.70. The van der Waals surface area contributed by atoms with Crippen molar-refractivity contribution < 1.29 is 23.1 Å². The van der Waals surface area contributed by atoms with E-state index in [9.17, 15) is 18.3 Å². The Morgan fingerprint density at radius 3 is 2.41 bits per heavy atom. The van der Waals surface area contributed by atoms with Gasteiger partial charge in [0, 0.05) is 0 Å². The fraction of sp³-hybridized carbons (Fsp3) is 0.182. The molecule has 1 unspecified atom stereocenters. The second-order valence-corrected chi connectivity index (χ2v) is 5.69. The average Bonchev–Trinajstić information content (AvgIpc) is 2.59. The van der Waals surface area contributed by atoms with Crippen molar-refractivity contribution in [1.82, 2.24) is 0 Å². The SMILES string of the molecule is O=C1OC=CC1(O)CS(=O)(=O)c1ccccc1. The van der Waals surface area contributed by atoms with Gasteiger partial charge in [0.05, 0.1) is 16.9 Å². The van der Waals surface area contributed by atoms with Crippen LogP contribution < -0.4 is 0 Å². The van der Waals surface area contributed by atoms with Crippen molar-refractivity contribution in [3.63, 3.8) is 0 Å². The molecule has 1 aromatic carbocycles. The third kappa shape index (κ3) is 2.22. The van der Waals surface area contributed by atoms with Crippen molar-refractivity contribution >= 4 is 15.8 Å². The summed E-state index contributed by atoms with van der Waals surface area (Å²) < 4.78 is 28.3. The van der Waals surface area contributed by atoms with Gasteiger partial charge in [-0.3, -0.25) is 0 Å². The molecule has 1 atom stereocenters. The summed E-state index contributed by atoms with van der Waals surface area (Å²) in [6.45, 7) is 0. The first-order valence-electron chi connectivity index (χ1n) is 4.83. The van der Waals surface area contributed by atoms with Gasteiger partial charge in [0.25, 0.3) is 0 Å². The molecular formula is C11H10O5S. The normalized spacial score (nSPS) is 23.7. The molecular weight excluding hydrogens is 244 g/mol. The summed E-state index contributed by atoms with van der Waals surface area (Å²) in [5.41, 5.74) is -2.09. The van der Waals surface area contributed by atoms with Crippen LogP contribution in [0.25, 0.3) is 0 Å². The summed E-state index contributed by atoms with van der Waals surface area (Å²) in [5, 5.41) is 9.82. The van der Waals surface area contributed by atoms with Gasteiger partial charge < -0.3 is 9.84 Å². The van der Waals surface area contributed by atoms with E-state index in [1.54, 1.807) is 18.2 Å². The summed E-state index contributed by atoms with van der Waals surface area (Å²) >= 11 is 0. The molecule has 0 radical (unpaired) electrons. The first kappa shape index (κ1) is 11.8. The van der Waals surface area contributed by atoms with Gasteiger partial charge in [0.15, 0.2) is 15.4 Å². The summed E-state index contributed by atoms with van der Waals surface area (Å²) in [7, 11) is -3.74. The quantitative estimate of drug-likeness (QED) is 0.783. The molecule has 0 saturated heterocycles. The van der Waals surface area contributed by atoms with E-state index in [0.29, 0.717) is 0 Å². The molecule has 1 N–H and O–H groups in total. The number of rotatable bonds is 3. The maximum Gasteiger partial charge on any atom is 0.348 e. The molecule has 0 saturated carbocycles. The van der Waals surface area contributed by atoms with Crippen molar-refractivity contribution in [2.75, 3.05) is 5.75 Å². The van der Waals surface area contributed by atoms with Crippen LogP contribution in [0, 0.1) is 0 Å². The molecule has 0 amide bonds. The highest BCUT2D eigenvalue weighted by atomic mass is 32.2. The molecule has 17 heavy (non-hydrogen) atoms. The summed E-state index contributed by atoms with van der Waals surface area (Å²) in [6.07, 6.45) is 2.03. The van der Waals surface area contributed by atoms with Crippen LogP contribution in [0.4, 0.5) is 0 Å². The van der Waals surface area contributed by atoms with Crippen LogP contribution in [0.1, 0.15) is 0 Å². The van der Waals surface area contributed by atoms with Crippen LogP contribution in [0.3, 0.4) is 0 Å². The molecule has 0 fully saturated rings. The molecule has 1 heterocycles. The van der Waals surface area contributed by atoms with Gasteiger partial charge in [-0.25, -0.2) is 13.2 Å². The molecule has 6 heteroatoms. The van der Waals surface area contributed by atoms with Gasteiger partial charge in [-0.1, -0.05) is 18.2 Å².